The first kappa shape index (κ1) is 13.6. The average molecular weight is 259 g/mol. The van der Waals surface area contributed by atoms with Gasteiger partial charge in [-0.25, -0.2) is 8.42 Å². The zero-order chi connectivity index (χ0) is 13.2. The summed E-state index contributed by atoms with van der Waals surface area (Å²) in [5, 5.41) is 19.4. The highest BCUT2D eigenvalue weighted by atomic mass is 32.2. The Morgan fingerprint density at radius 3 is 2.47 bits per heavy atom. The minimum Gasteiger partial charge on any atom is -0.387 e. The summed E-state index contributed by atoms with van der Waals surface area (Å²) in [4.78, 5) is 9.95. The summed E-state index contributed by atoms with van der Waals surface area (Å²) in [6.07, 6.45) is -0.261. The van der Waals surface area contributed by atoms with E-state index in [1.165, 1.54) is 31.2 Å². The van der Waals surface area contributed by atoms with Gasteiger partial charge in [0.05, 0.1) is 16.3 Å². The molecule has 0 aliphatic heterocycles. The highest BCUT2D eigenvalue weighted by Crippen LogP contribution is 2.24. The number of nitro groups is 1. The number of nitro benzene ring substituents is 1. The SMILES string of the molecule is C[C@@H]([C@@H](O)c1cccc([N+](=O)[O-])c1)S(C)(=O)=O. The standard InChI is InChI=1S/C10H13NO5S/c1-7(17(2,15)16)10(12)8-4-3-5-9(6-8)11(13)14/h3-7,10,12H,1-2H3/t7-,10+/m0/s1. The lowest BCUT2D eigenvalue weighted by molar-refractivity contribution is -0.385. The molecule has 1 N–H and O–H groups in total. The Labute approximate surface area is 99.0 Å². The van der Waals surface area contributed by atoms with Crippen molar-refractivity contribution in [3.63, 3.8) is 0 Å². The van der Waals surface area contributed by atoms with Crippen molar-refractivity contribution in [3.05, 3.63) is 39.9 Å². The minimum atomic E-state index is -3.40. The van der Waals surface area contributed by atoms with Crippen molar-refractivity contribution < 1.29 is 18.4 Å². The van der Waals surface area contributed by atoms with Crippen molar-refractivity contribution in [2.24, 2.45) is 0 Å². The van der Waals surface area contributed by atoms with Crippen molar-refractivity contribution in [1.82, 2.24) is 0 Å². The van der Waals surface area contributed by atoms with Crippen molar-refractivity contribution in [3.8, 4) is 0 Å². The number of aliphatic hydroxyl groups excluding tert-OH is 1. The molecule has 0 aliphatic carbocycles. The van der Waals surface area contributed by atoms with E-state index in [-0.39, 0.29) is 11.3 Å². The number of nitrogens with zero attached hydrogens (tertiary/aromatic N) is 1. The van der Waals surface area contributed by atoms with Crippen LogP contribution in [0.25, 0.3) is 0 Å². The molecule has 0 bridgehead atoms. The van der Waals surface area contributed by atoms with Gasteiger partial charge in [0.1, 0.15) is 0 Å². The molecule has 1 aromatic carbocycles. The van der Waals surface area contributed by atoms with Crippen LogP contribution in [0.2, 0.25) is 0 Å². The molecule has 0 heterocycles. The lowest BCUT2D eigenvalue weighted by atomic mass is 10.1. The molecular weight excluding hydrogens is 246 g/mol. The molecule has 0 saturated carbocycles. The maximum Gasteiger partial charge on any atom is 0.269 e. The van der Waals surface area contributed by atoms with Gasteiger partial charge in [0.15, 0.2) is 9.84 Å². The van der Waals surface area contributed by atoms with Gasteiger partial charge in [-0.15, -0.1) is 0 Å². The van der Waals surface area contributed by atoms with Crippen LogP contribution in [0.5, 0.6) is 0 Å². The summed E-state index contributed by atoms with van der Waals surface area (Å²) >= 11 is 0. The zero-order valence-corrected chi connectivity index (χ0v) is 10.2. The van der Waals surface area contributed by atoms with E-state index in [1.54, 1.807) is 0 Å². The van der Waals surface area contributed by atoms with Gasteiger partial charge in [0, 0.05) is 18.4 Å². The largest absolute Gasteiger partial charge is 0.387 e. The summed E-state index contributed by atoms with van der Waals surface area (Å²) in [6, 6.07) is 5.32. The predicted molar refractivity (Wildman–Crippen MR) is 62.4 cm³/mol. The van der Waals surface area contributed by atoms with E-state index in [4.69, 9.17) is 0 Å². The van der Waals surface area contributed by atoms with Crippen LogP contribution < -0.4 is 0 Å². The number of hydrogen-bond donors (Lipinski definition) is 1. The number of sulfone groups is 1. The number of aliphatic hydroxyl groups is 1. The third kappa shape index (κ3) is 3.24. The second kappa shape index (κ2) is 4.80. The van der Waals surface area contributed by atoms with E-state index in [0.29, 0.717) is 0 Å². The second-order valence-electron chi connectivity index (χ2n) is 3.83. The lowest BCUT2D eigenvalue weighted by Gasteiger charge is -2.17. The van der Waals surface area contributed by atoms with E-state index in [1.807, 2.05) is 0 Å². The molecule has 0 spiro atoms. The molecular formula is C10H13NO5S. The average Bonchev–Trinajstić information content (AvgIpc) is 2.26. The predicted octanol–water partition coefficient (Wildman–Crippen LogP) is 1.06. The quantitative estimate of drug-likeness (QED) is 0.644. The molecule has 1 rings (SSSR count). The number of rotatable bonds is 4. The highest BCUT2D eigenvalue weighted by molar-refractivity contribution is 7.91. The van der Waals surface area contributed by atoms with Gasteiger partial charge >= 0.3 is 0 Å². The Morgan fingerprint density at radius 2 is 2.00 bits per heavy atom. The normalized spacial score (nSPS) is 15.2. The topological polar surface area (TPSA) is 97.5 Å². The molecule has 94 valence electrons. The van der Waals surface area contributed by atoms with Crippen LogP contribution in [0.3, 0.4) is 0 Å². The monoisotopic (exact) mass is 259 g/mol. The van der Waals surface area contributed by atoms with Crippen LogP contribution in [0.4, 0.5) is 5.69 Å². The smallest absolute Gasteiger partial charge is 0.269 e. The van der Waals surface area contributed by atoms with Crippen LogP contribution >= 0.6 is 0 Å². The first-order valence-corrected chi connectivity index (χ1v) is 6.80. The Hall–Kier alpha value is -1.47. The molecule has 1 aromatic rings. The molecule has 0 aromatic heterocycles. The Morgan fingerprint density at radius 1 is 1.41 bits per heavy atom. The van der Waals surface area contributed by atoms with Gasteiger partial charge in [-0.2, -0.15) is 0 Å². The first-order chi connectivity index (χ1) is 7.73. The minimum absolute atomic E-state index is 0.178. The van der Waals surface area contributed by atoms with Crippen LogP contribution in [-0.4, -0.2) is 30.0 Å². The summed E-state index contributed by atoms with van der Waals surface area (Å²) in [7, 11) is -3.40. The van der Waals surface area contributed by atoms with Gasteiger partial charge in [0.25, 0.3) is 5.69 Å². The van der Waals surface area contributed by atoms with Crippen molar-refractivity contribution in [1.29, 1.82) is 0 Å². The van der Waals surface area contributed by atoms with Gasteiger partial charge in [-0.3, -0.25) is 10.1 Å². The van der Waals surface area contributed by atoms with Crippen LogP contribution in [-0.2, 0) is 9.84 Å². The number of hydrogen-bond acceptors (Lipinski definition) is 5. The third-order valence-corrected chi connectivity index (χ3v) is 4.15. The van der Waals surface area contributed by atoms with Crippen LogP contribution in [0.1, 0.15) is 18.6 Å². The molecule has 0 radical (unpaired) electrons. The summed E-state index contributed by atoms with van der Waals surface area (Å²) in [5.41, 5.74) is 0.0411. The molecule has 0 aliphatic rings. The van der Waals surface area contributed by atoms with E-state index < -0.39 is 26.1 Å². The van der Waals surface area contributed by atoms with Crippen molar-refractivity contribution in [2.75, 3.05) is 6.26 Å². The molecule has 0 unspecified atom stereocenters. The number of benzene rings is 1. The van der Waals surface area contributed by atoms with Crippen LogP contribution in [0, 0.1) is 10.1 Å². The van der Waals surface area contributed by atoms with E-state index in [2.05, 4.69) is 0 Å². The Balaban J connectivity index is 3.09. The van der Waals surface area contributed by atoms with E-state index >= 15 is 0 Å². The third-order valence-electron chi connectivity index (χ3n) is 2.54. The van der Waals surface area contributed by atoms with Crippen molar-refractivity contribution in [2.45, 2.75) is 18.3 Å². The molecule has 0 amide bonds. The molecule has 0 fully saturated rings. The van der Waals surface area contributed by atoms with Crippen LogP contribution in [0.15, 0.2) is 24.3 Å². The lowest BCUT2D eigenvalue weighted by Crippen LogP contribution is -2.24. The van der Waals surface area contributed by atoms with Gasteiger partial charge in [0.2, 0.25) is 0 Å². The number of non-ortho nitro benzene ring substituents is 1. The highest BCUT2D eigenvalue weighted by Gasteiger charge is 2.26. The first-order valence-electron chi connectivity index (χ1n) is 4.84. The molecule has 6 nitrogen and oxygen atoms in total. The molecule has 7 heteroatoms. The Bertz CT molecular complexity index is 525. The second-order valence-corrected chi connectivity index (χ2v) is 6.23. The summed E-state index contributed by atoms with van der Waals surface area (Å²) < 4.78 is 22.5. The van der Waals surface area contributed by atoms with Gasteiger partial charge < -0.3 is 5.11 Å². The van der Waals surface area contributed by atoms with E-state index in [9.17, 15) is 23.6 Å². The van der Waals surface area contributed by atoms with Gasteiger partial charge in [-0.1, -0.05) is 12.1 Å². The fourth-order valence-electron chi connectivity index (χ4n) is 1.33. The van der Waals surface area contributed by atoms with E-state index in [0.717, 1.165) is 6.26 Å². The maximum atomic E-state index is 11.3. The molecule has 0 saturated heterocycles. The maximum absolute atomic E-state index is 11.3. The fourth-order valence-corrected chi connectivity index (χ4v) is 1.95. The fraction of sp³-hybridized carbons (Fsp3) is 0.400. The Kier molecular flexibility index (Phi) is 3.84. The zero-order valence-electron chi connectivity index (χ0n) is 9.40. The molecule has 17 heavy (non-hydrogen) atoms. The molecule has 2 atom stereocenters. The summed E-state index contributed by atoms with van der Waals surface area (Å²) in [6.45, 7) is 1.36. The summed E-state index contributed by atoms with van der Waals surface area (Å²) in [5.74, 6) is 0. The van der Waals surface area contributed by atoms with Crippen molar-refractivity contribution >= 4 is 15.5 Å². The van der Waals surface area contributed by atoms with Gasteiger partial charge in [-0.05, 0) is 12.5 Å².